The van der Waals surface area contributed by atoms with Crippen molar-refractivity contribution in [3.63, 3.8) is 0 Å². The minimum Gasteiger partial charge on any atom is -0.494 e. The molecule has 0 unspecified atom stereocenters. The van der Waals surface area contributed by atoms with E-state index in [4.69, 9.17) is 9.47 Å². The van der Waals surface area contributed by atoms with Crippen LogP contribution in [0, 0.1) is 5.82 Å². The first-order chi connectivity index (χ1) is 18.1. The van der Waals surface area contributed by atoms with Crippen LogP contribution in [0.5, 0.6) is 5.75 Å². The SMILES string of the molecule is C=CC(=O)OCCCCCCOc1ccc(C2CCC(c3ccc(-c4ccc(F)cc4)cc3)CC2)cc1. The summed E-state index contributed by atoms with van der Waals surface area (Å²) in [6.45, 7) is 4.55. The second-order valence-electron chi connectivity index (χ2n) is 9.88. The van der Waals surface area contributed by atoms with Crippen LogP contribution in [0.2, 0.25) is 0 Å². The Bertz CT molecular complexity index is 1110. The van der Waals surface area contributed by atoms with Crippen molar-refractivity contribution < 1.29 is 18.7 Å². The van der Waals surface area contributed by atoms with Gasteiger partial charge in [-0.05, 0) is 110 Å². The largest absolute Gasteiger partial charge is 0.494 e. The molecule has 0 aliphatic heterocycles. The monoisotopic (exact) mass is 500 g/mol. The van der Waals surface area contributed by atoms with Gasteiger partial charge in [0.05, 0.1) is 13.2 Å². The Morgan fingerprint density at radius 1 is 0.730 bits per heavy atom. The number of carbonyl (C=O) groups excluding carboxylic acids is 1. The molecule has 0 saturated heterocycles. The molecule has 0 radical (unpaired) electrons. The van der Waals surface area contributed by atoms with E-state index in [-0.39, 0.29) is 11.8 Å². The molecule has 0 N–H and O–H groups in total. The number of benzene rings is 3. The summed E-state index contributed by atoms with van der Waals surface area (Å²) in [5.41, 5.74) is 5.00. The molecule has 1 aliphatic rings. The maximum Gasteiger partial charge on any atom is 0.330 e. The van der Waals surface area contributed by atoms with Gasteiger partial charge in [-0.2, -0.15) is 0 Å². The molecule has 1 fully saturated rings. The molecular weight excluding hydrogens is 463 g/mol. The summed E-state index contributed by atoms with van der Waals surface area (Å²) >= 11 is 0. The smallest absolute Gasteiger partial charge is 0.330 e. The van der Waals surface area contributed by atoms with Gasteiger partial charge in [0.15, 0.2) is 0 Å². The van der Waals surface area contributed by atoms with Crippen LogP contribution in [0.15, 0.2) is 85.5 Å². The van der Waals surface area contributed by atoms with Crippen LogP contribution in [0.3, 0.4) is 0 Å². The number of rotatable bonds is 12. The predicted molar refractivity (Wildman–Crippen MR) is 147 cm³/mol. The Hall–Kier alpha value is -3.40. The lowest BCUT2D eigenvalue weighted by Crippen LogP contribution is -2.12. The van der Waals surface area contributed by atoms with Crippen LogP contribution in [0.4, 0.5) is 4.39 Å². The molecule has 0 amide bonds. The minimum absolute atomic E-state index is 0.201. The normalized spacial score (nSPS) is 17.2. The molecule has 1 aliphatic carbocycles. The predicted octanol–water partition coefficient (Wildman–Crippen LogP) is 8.60. The summed E-state index contributed by atoms with van der Waals surface area (Å²) in [6.07, 6.45) is 9.94. The average Bonchev–Trinajstić information content (AvgIpc) is 2.95. The van der Waals surface area contributed by atoms with Crippen LogP contribution < -0.4 is 4.74 Å². The van der Waals surface area contributed by atoms with Gasteiger partial charge in [0, 0.05) is 6.08 Å². The second kappa shape index (κ2) is 13.8. The minimum atomic E-state index is -0.353. The van der Waals surface area contributed by atoms with Gasteiger partial charge in [0.1, 0.15) is 11.6 Å². The number of halogens is 1. The fraction of sp³-hybridized carbons (Fsp3) is 0.364. The molecule has 0 heterocycles. The van der Waals surface area contributed by atoms with Crippen LogP contribution in [-0.2, 0) is 9.53 Å². The lowest BCUT2D eigenvalue weighted by atomic mass is 9.76. The Morgan fingerprint density at radius 2 is 1.22 bits per heavy atom. The fourth-order valence-corrected chi connectivity index (χ4v) is 5.17. The van der Waals surface area contributed by atoms with E-state index in [9.17, 15) is 9.18 Å². The molecular formula is C33H37FO3. The van der Waals surface area contributed by atoms with Crippen molar-refractivity contribution in [3.8, 4) is 16.9 Å². The molecule has 0 spiro atoms. The number of hydrogen-bond donors (Lipinski definition) is 0. The van der Waals surface area contributed by atoms with Crippen molar-refractivity contribution in [2.45, 2.75) is 63.2 Å². The van der Waals surface area contributed by atoms with Crippen LogP contribution in [0.1, 0.15) is 74.3 Å². The van der Waals surface area contributed by atoms with Crippen molar-refractivity contribution >= 4 is 5.97 Å². The van der Waals surface area contributed by atoms with Crippen molar-refractivity contribution in [2.75, 3.05) is 13.2 Å². The van der Waals surface area contributed by atoms with Gasteiger partial charge >= 0.3 is 5.97 Å². The lowest BCUT2D eigenvalue weighted by molar-refractivity contribution is -0.137. The van der Waals surface area contributed by atoms with Gasteiger partial charge in [0.2, 0.25) is 0 Å². The zero-order valence-electron chi connectivity index (χ0n) is 21.5. The fourth-order valence-electron chi connectivity index (χ4n) is 5.17. The quantitative estimate of drug-likeness (QED) is 0.142. The highest BCUT2D eigenvalue weighted by Gasteiger charge is 2.23. The van der Waals surface area contributed by atoms with Crippen molar-refractivity contribution in [1.82, 2.24) is 0 Å². The first-order valence-corrected chi connectivity index (χ1v) is 13.5. The highest BCUT2D eigenvalue weighted by Crippen LogP contribution is 2.41. The summed E-state index contributed by atoms with van der Waals surface area (Å²) in [5, 5.41) is 0. The van der Waals surface area contributed by atoms with Crippen LogP contribution in [-0.4, -0.2) is 19.2 Å². The molecule has 194 valence electrons. The maximum atomic E-state index is 13.2. The third-order valence-electron chi connectivity index (χ3n) is 7.36. The number of ether oxygens (including phenoxy) is 2. The Morgan fingerprint density at radius 3 is 1.76 bits per heavy atom. The zero-order chi connectivity index (χ0) is 25.9. The van der Waals surface area contributed by atoms with Crippen molar-refractivity contribution in [3.05, 3.63) is 102 Å². The maximum absolute atomic E-state index is 13.2. The van der Waals surface area contributed by atoms with E-state index in [1.54, 1.807) is 0 Å². The van der Waals surface area contributed by atoms with Gasteiger partial charge < -0.3 is 9.47 Å². The molecule has 1 saturated carbocycles. The number of unbranched alkanes of at least 4 members (excludes halogenated alkanes) is 3. The lowest BCUT2D eigenvalue weighted by Gasteiger charge is -2.29. The van der Waals surface area contributed by atoms with Gasteiger partial charge in [-0.25, -0.2) is 9.18 Å². The first kappa shape index (κ1) is 26.7. The molecule has 0 aromatic heterocycles. The Labute approximate surface area is 220 Å². The van der Waals surface area contributed by atoms with Gasteiger partial charge in [-0.1, -0.05) is 55.1 Å². The summed E-state index contributed by atoms with van der Waals surface area (Å²) in [4.78, 5) is 11.0. The highest BCUT2D eigenvalue weighted by atomic mass is 19.1. The average molecular weight is 501 g/mol. The number of hydrogen-bond acceptors (Lipinski definition) is 3. The van der Waals surface area contributed by atoms with E-state index in [2.05, 4.69) is 55.1 Å². The van der Waals surface area contributed by atoms with Crippen LogP contribution in [0.25, 0.3) is 11.1 Å². The molecule has 4 heteroatoms. The summed E-state index contributed by atoms with van der Waals surface area (Å²) in [7, 11) is 0. The zero-order valence-corrected chi connectivity index (χ0v) is 21.5. The third kappa shape index (κ3) is 8.04. The topological polar surface area (TPSA) is 35.5 Å². The van der Waals surface area contributed by atoms with Crippen molar-refractivity contribution in [2.24, 2.45) is 0 Å². The molecule has 37 heavy (non-hydrogen) atoms. The van der Waals surface area contributed by atoms with Gasteiger partial charge in [0.25, 0.3) is 0 Å². The van der Waals surface area contributed by atoms with Crippen molar-refractivity contribution in [1.29, 1.82) is 0 Å². The third-order valence-corrected chi connectivity index (χ3v) is 7.36. The van der Waals surface area contributed by atoms with E-state index >= 15 is 0 Å². The molecule has 3 nitrogen and oxygen atoms in total. The molecule has 4 rings (SSSR count). The van der Waals surface area contributed by atoms with E-state index in [0.29, 0.717) is 25.0 Å². The summed E-state index contributed by atoms with van der Waals surface area (Å²) in [5.74, 6) is 1.59. The standard InChI is InChI=1S/C33H37FO3/c1-2-33(35)37-24-6-4-3-5-23-36-32-21-17-30(18-22-32)28-13-9-26(10-14-28)25-7-11-27(12-8-25)29-15-19-31(34)20-16-29/h2,7-8,11-12,15-22,26,28H,1,3-6,9-10,13-14,23-24H2. The Kier molecular flexibility index (Phi) is 9.93. The Balaban J connectivity index is 1.16. The van der Waals surface area contributed by atoms with Gasteiger partial charge in [-0.3, -0.25) is 0 Å². The van der Waals surface area contributed by atoms with Crippen LogP contribution >= 0.6 is 0 Å². The molecule has 3 aromatic carbocycles. The number of carbonyl (C=O) groups is 1. The number of esters is 1. The first-order valence-electron chi connectivity index (χ1n) is 13.5. The van der Waals surface area contributed by atoms with Gasteiger partial charge in [-0.15, -0.1) is 0 Å². The summed E-state index contributed by atoms with van der Waals surface area (Å²) < 4.78 is 24.1. The molecule has 0 bridgehead atoms. The second-order valence-corrected chi connectivity index (χ2v) is 9.88. The molecule has 3 aromatic rings. The van der Waals surface area contributed by atoms with E-state index in [1.165, 1.54) is 55.0 Å². The summed E-state index contributed by atoms with van der Waals surface area (Å²) in [6, 6.07) is 24.2. The highest BCUT2D eigenvalue weighted by molar-refractivity contribution is 5.81. The van der Waals surface area contributed by atoms with E-state index in [0.717, 1.165) is 42.6 Å². The molecule has 0 atom stereocenters. The van der Waals surface area contributed by atoms with E-state index < -0.39 is 0 Å². The van der Waals surface area contributed by atoms with E-state index in [1.807, 2.05) is 12.1 Å².